The van der Waals surface area contributed by atoms with Gasteiger partial charge in [-0.2, -0.15) is 0 Å². The Kier molecular flexibility index (Phi) is 11.7. The molecule has 0 amide bonds. The zero-order valence-corrected chi connectivity index (χ0v) is 11.7. The maximum absolute atomic E-state index is 5.81. The van der Waals surface area contributed by atoms with Crippen molar-refractivity contribution in [1.82, 2.24) is 4.90 Å². The van der Waals surface area contributed by atoms with E-state index >= 15 is 0 Å². The molecule has 0 radical (unpaired) electrons. The Balaban J connectivity index is 0. The maximum atomic E-state index is 5.81. The van der Waals surface area contributed by atoms with Gasteiger partial charge < -0.3 is 5.73 Å². The first kappa shape index (κ1) is 18.4. The predicted molar refractivity (Wildman–Crippen MR) is 76.0 cm³/mol. The summed E-state index contributed by atoms with van der Waals surface area (Å²) in [5, 5.41) is 0.788. The monoisotopic (exact) mass is 284 g/mol. The highest BCUT2D eigenvalue weighted by atomic mass is 35.5. The van der Waals surface area contributed by atoms with Gasteiger partial charge in [-0.15, -0.1) is 24.8 Å². The quantitative estimate of drug-likeness (QED) is 0.901. The molecule has 1 rings (SSSR count). The molecule has 0 saturated carbocycles. The maximum Gasteiger partial charge on any atom is 0.0406 e. The number of nitrogens with zero attached hydrogens (tertiary/aromatic N) is 1. The topological polar surface area (TPSA) is 29.3 Å². The average molecular weight is 286 g/mol. The second-order valence-corrected chi connectivity index (χ2v) is 3.72. The highest BCUT2D eigenvalue weighted by Gasteiger charge is 2.01. The van der Waals surface area contributed by atoms with Gasteiger partial charge in [0.2, 0.25) is 0 Å². The lowest BCUT2D eigenvalue weighted by atomic mass is 10.2. The van der Waals surface area contributed by atoms with Crippen LogP contribution in [0.25, 0.3) is 0 Å². The summed E-state index contributed by atoms with van der Waals surface area (Å²) in [7, 11) is 0. The zero-order valence-electron chi connectivity index (χ0n) is 9.36. The third kappa shape index (κ3) is 6.56. The van der Waals surface area contributed by atoms with Crippen molar-refractivity contribution in [3.63, 3.8) is 0 Å². The lowest BCUT2D eigenvalue weighted by Gasteiger charge is -2.19. The molecular weight excluding hydrogens is 266 g/mol. The molecule has 0 unspecified atom stereocenters. The van der Waals surface area contributed by atoms with Crippen LogP contribution >= 0.6 is 36.4 Å². The number of hydrogen-bond donors (Lipinski definition) is 1. The minimum Gasteiger partial charge on any atom is -0.329 e. The molecule has 1 aromatic rings. The Morgan fingerprint density at radius 2 is 1.75 bits per heavy atom. The number of halogens is 3. The summed E-state index contributed by atoms with van der Waals surface area (Å²) < 4.78 is 0. The smallest absolute Gasteiger partial charge is 0.0406 e. The van der Waals surface area contributed by atoms with E-state index in [2.05, 4.69) is 24.0 Å². The Bertz CT molecular complexity index is 264. The second kappa shape index (κ2) is 10.2. The summed E-state index contributed by atoms with van der Waals surface area (Å²) in [5.41, 5.74) is 6.80. The van der Waals surface area contributed by atoms with E-state index in [4.69, 9.17) is 17.3 Å². The van der Waals surface area contributed by atoms with Gasteiger partial charge in [-0.1, -0.05) is 30.7 Å². The molecule has 0 heterocycles. The van der Waals surface area contributed by atoms with Gasteiger partial charge in [-0.05, 0) is 24.2 Å². The molecule has 94 valence electrons. The van der Waals surface area contributed by atoms with Gasteiger partial charge >= 0.3 is 0 Å². The molecule has 0 aliphatic carbocycles. The van der Waals surface area contributed by atoms with Crippen molar-refractivity contribution in [1.29, 1.82) is 0 Å². The van der Waals surface area contributed by atoms with Gasteiger partial charge in [0, 0.05) is 24.7 Å². The van der Waals surface area contributed by atoms with Crippen molar-refractivity contribution in [3.8, 4) is 0 Å². The lowest BCUT2D eigenvalue weighted by Crippen LogP contribution is -2.28. The molecule has 2 N–H and O–H groups in total. The van der Waals surface area contributed by atoms with Crippen LogP contribution in [0.4, 0.5) is 0 Å². The molecule has 2 nitrogen and oxygen atoms in total. The number of benzene rings is 1. The molecule has 5 heteroatoms. The molecule has 1 aromatic carbocycles. The minimum atomic E-state index is 0. The van der Waals surface area contributed by atoms with E-state index in [1.165, 1.54) is 5.56 Å². The minimum absolute atomic E-state index is 0. The third-order valence-corrected chi connectivity index (χ3v) is 2.46. The van der Waals surface area contributed by atoms with Crippen LogP contribution in [0.1, 0.15) is 12.5 Å². The fourth-order valence-corrected chi connectivity index (χ4v) is 1.51. The third-order valence-electron chi connectivity index (χ3n) is 2.21. The summed E-state index contributed by atoms with van der Waals surface area (Å²) in [6.45, 7) is 5.77. The highest BCUT2D eigenvalue weighted by Crippen LogP contribution is 2.11. The van der Waals surface area contributed by atoms with Crippen molar-refractivity contribution in [2.45, 2.75) is 13.5 Å². The second-order valence-electron chi connectivity index (χ2n) is 3.28. The number of likely N-dealkylation sites (N-methyl/N-ethyl adjacent to an activating group) is 1. The van der Waals surface area contributed by atoms with E-state index < -0.39 is 0 Å². The first-order valence-corrected chi connectivity index (χ1v) is 5.31. The first-order chi connectivity index (χ1) is 6.76. The van der Waals surface area contributed by atoms with Crippen LogP contribution in [0.5, 0.6) is 0 Å². The average Bonchev–Trinajstić information content (AvgIpc) is 2.20. The van der Waals surface area contributed by atoms with Gasteiger partial charge in [0.1, 0.15) is 0 Å². The summed E-state index contributed by atoms with van der Waals surface area (Å²) >= 11 is 5.81. The predicted octanol–water partition coefficient (Wildman–Crippen LogP) is 2.96. The van der Waals surface area contributed by atoms with Crippen molar-refractivity contribution >= 4 is 36.4 Å². The van der Waals surface area contributed by atoms with Crippen LogP contribution in [0.3, 0.4) is 0 Å². The molecule has 0 atom stereocenters. The highest BCUT2D eigenvalue weighted by molar-refractivity contribution is 6.30. The number of rotatable bonds is 5. The summed E-state index contributed by atoms with van der Waals surface area (Å²) in [6, 6.07) is 7.96. The Hall–Kier alpha value is 0.01000. The SMILES string of the molecule is CCN(CCN)Cc1ccc(Cl)cc1.Cl.Cl. The van der Waals surface area contributed by atoms with Crippen molar-refractivity contribution in [2.24, 2.45) is 5.73 Å². The van der Waals surface area contributed by atoms with Gasteiger partial charge in [-0.25, -0.2) is 0 Å². The van der Waals surface area contributed by atoms with Gasteiger partial charge in [-0.3, -0.25) is 4.90 Å². The van der Waals surface area contributed by atoms with E-state index in [0.717, 1.165) is 24.7 Å². The van der Waals surface area contributed by atoms with Crippen LogP contribution in [-0.2, 0) is 6.54 Å². The Morgan fingerprint density at radius 1 is 1.19 bits per heavy atom. The van der Waals surface area contributed by atoms with E-state index in [9.17, 15) is 0 Å². The van der Waals surface area contributed by atoms with Crippen LogP contribution in [0.15, 0.2) is 24.3 Å². The van der Waals surface area contributed by atoms with E-state index in [-0.39, 0.29) is 24.8 Å². The fourth-order valence-electron chi connectivity index (χ4n) is 1.38. The summed E-state index contributed by atoms with van der Waals surface area (Å²) in [4.78, 5) is 2.31. The number of hydrogen-bond acceptors (Lipinski definition) is 2. The van der Waals surface area contributed by atoms with Crippen LogP contribution in [0, 0.1) is 0 Å². The van der Waals surface area contributed by atoms with Crippen LogP contribution in [-0.4, -0.2) is 24.5 Å². The zero-order chi connectivity index (χ0) is 10.4. The standard InChI is InChI=1S/C11H17ClN2.2ClH/c1-2-14(8-7-13)9-10-3-5-11(12)6-4-10;;/h3-6H,2,7-9,13H2,1H3;2*1H. The van der Waals surface area contributed by atoms with E-state index in [1.807, 2.05) is 12.1 Å². The summed E-state index contributed by atoms with van der Waals surface area (Å²) in [5.74, 6) is 0. The van der Waals surface area contributed by atoms with Crippen LogP contribution < -0.4 is 5.73 Å². The van der Waals surface area contributed by atoms with Gasteiger partial charge in [0.15, 0.2) is 0 Å². The molecule has 0 aliphatic rings. The lowest BCUT2D eigenvalue weighted by molar-refractivity contribution is 0.288. The normalized spacial score (nSPS) is 9.50. The molecule has 0 spiro atoms. The Morgan fingerprint density at radius 3 is 2.19 bits per heavy atom. The number of nitrogens with two attached hydrogens (primary N) is 1. The summed E-state index contributed by atoms with van der Waals surface area (Å²) in [6.07, 6.45) is 0. The van der Waals surface area contributed by atoms with Crippen molar-refractivity contribution in [2.75, 3.05) is 19.6 Å². The van der Waals surface area contributed by atoms with E-state index in [0.29, 0.717) is 6.54 Å². The molecule has 0 fully saturated rings. The van der Waals surface area contributed by atoms with Gasteiger partial charge in [0.05, 0.1) is 0 Å². The molecular formula is C11H19Cl3N2. The molecule has 0 aliphatic heterocycles. The first-order valence-electron chi connectivity index (χ1n) is 4.93. The van der Waals surface area contributed by atoms with Gasteiger partial charge in [0.25, 0.3) is 0 Å². The molecule has 16 heavy (non-hydrogen) atoms. The van der Waals surface area contributed by atoms with Crippen molar-refractivity contribution < 1.29 is 0 Å². The van der Waals surface area contributed by atoms with Crippen LogP contribution in [0.2, 0.25) is 5.02 Å². The fraction of sp³-hybridized carbons (Fsp3) is 0.455. The molecule has 0 saturated heterocycles. The largest absolute Gasteiger partial charge is 0.329 e. The van der Waals surface area contributed by atoms with E-state index in [1.54, 1.807) is 0 Å². The van der Waals surface area contributed by atoms with Crippen molar-refractivity contribution in [3.05, 3.63) is 34.9 Å². The Labute approximate surface area is 115 Å². The molecule has 0 bridgehead atoms. The molecule has 0 aromatic heterocycles.